The number of halogens is 1. The zero-order valence-electron chi connectivity index (χ0n) is 5.28. The first kappa shape index (κ1) is 6.77. The Morgan fingerprint density at radius 1 is 1.64 bits per heavy atom. The summed E-state index contributed by atoms with van der Waals surface area (Å²) in [7, 11) is 0. The molecule has 0 spiro atoms. The molecular weight excluding hydrogens is 259 g/mol. The molecule has 6 heteroatoms. The number of fused-ring (bicyclic) bond motifs is 1. The van der Waals surface area contributed by atoms with Gasteiger partial charge in [-0.05, 0) is 0 Å². The van der Waals surface area contributed by atoms with Crippen LogP contribution in [0.1, 0.15) is 0 Å². The van der Waals surface area contributed by atoms with Crippen LogP contribution in [0.4, 0.5) is 0 Å². The molecule has 0 saturated carbocycles. The van der Waals surface area contributed by atoms with Crippen LogP contribution in [0, 0.1) is 0 Å². The molecule has 0 unspecified atom stereocenters. The average molecular weight is 262 g/mol. The summed E-state index contributed by atoms with van der Waals surface area (Å²) in [6, 6.07) is 0. The minimum atomic E-state index is -0.180. The first-order chi connectivity index (χ1) is 5.29. The van der Waals surface area contributed by atoms with Gasteiger partial charge >= 0.3 is 5.69 Å². The Hall–Kier alpha value is -0.920. The normalized spacial score (nSPS) is 10.6. The van der Waals surface area contributed by atoms with E-state index in [0.717, 1.165) is 0 Å². The fourth-order valence-corrected chi connectivity index (χ4v) is 1.33. The summed E-state index contributed by atoms with van der Waals surface area (Å²) in [6.45, 7) is 0. The van der Waals surface area contributed by atoms with E-state index in [0.29, 0.717) is 11.2 Å². The van der Waals surface area contributed by atoms with Crippen LogP contribution in [-0.4, -0.2) is 17.7 Å². The highest BCUT2D eigenvalue weighted by atomic mass is 127. The highest BCUT2D eigenvalue weighted by molar-refractivity contribution is 14.1. The van der Waals surface area contributed by atoms with Gasteiger partial charge in [-0.25, -0.2) is 17.5 Å². The van der Waals surface area contributed by atoms with Crippen molar-refractivity contribution in [3.05, 3.63) is 23.0 Å². The van der Waals surface area contributed by atoms with Crippen LogP contribution in [-0.2, 0) is 0 Å². The van der Waals surface area contributed by atoms with E-state index in [9.17, 15) is 4.79 Å². The maximum atomic E-state index is 11.0. The standard InChI is InChI=1S/C5H3IN4O/c6-10-4-3(9-5(10)11)1-7-2-8-4/h1-2H,(H,9,11). The first-order valence-electron chi connectivity index (χ1n) is 2.86. The van der Waals surface area contributed by atoms with Crippen molar-refractivity contribution in [2.24, 2.45) is 0 Å². The summed E-state index contributed by atoms with van der Waals surface area (Å²) in [5.41, 5.74) is 1.10. The molecule has 2 heterocycles. The van der Waals surface area contributed by atoms with Gasteiger partial charge in [0.15, 0.2) is 5.65 Å². The van der Waals surface area contributed by atoms with Crippen molar-refractivity contribution in [1.82, 2.24) is 17.7 Å². The fourth-order valence-electron chi connectivity index (χ4n) is 0.828. The third kappa shape index (κ3) is 0.934. The number of H-pyrrole nitrogens is 1. The smallest absolute Gasteiger partial charge is 0.302 e. The van der Waals surface area contributed by atoms with Gasteiger partial charge in [0.05, 0.1) is 29.1 Å². The van der Waals surface area contributed by atoms with Gasteiger partial charge in [-0.2, -0.15) is 0 Å². The first-order valence-corrected chi connectivity index (χ1v) is 3.82. The number of rotatable bonds is 0. The van der Waals surface area contributed by atoms with Gasteiger partial charge in [-0.15, -0.1) is 0 Å². The summed E-state index contributed by atoms with van der Waals surface area (Å²) >= 11 is 1.88. The molecule has 0 atom stereocenters. The summed E-state index contributed by atoms with van der Waals surface area (Å²) in [5.74, 6) is 0. The van der Waals surface area contributed by atoms with Crippen molar-refractivity contribution >= 4 is 34.0 Å². The van der Waals surface area contributed by atoms with E-state index in [1.54, 1.807) is 6.20 Å². The lowest BCUT2D eigenvalue weighted by Crippen LogP contribution is -2.07. The van der Waals surface area contributed by atoms with Crippen LogP contribution in [0.15, 0.2) is 17.3 Å². The molecule has 1 N–H and O–H groups in total. The number of hydrogen-bond donors (Lipinski definition) is 1. The zero-order chi connectivity index (χ0) is 7.84. The van der Waals surface area contributed by atoms with Crippen LogP contribution in [0.5, 0.6) is 0 Å². The molecule has 0 radical (unpaired) electrons. The summed E-state index contributed by atoms with van der Waals surface area (Å²) in [5, 5.41) is 0. The second-order valence-corrected chi connectivity index (χ2v) is 2.94. The quantitative estimate of drug-likeness (QED) is 0.695. The Kier molecular flexibility index (Phi) is 1.41. The van der Waals surface area contributed by atoms with Gasteiger partial charge in [-0.3, -0.25) is 0 Å². The number of nitrogens with zero attached hydrogens (tertiary/aromatic N) is 3. The van der Waals surface area contributed by atoms with Crippen LogP contribution in [0.3, 0.4) is 0 Å². The van der Waals surface area contributed by atoms with E-state index in [1.807, 2.05) is 22.9 Å². The lowest BCUT2D eigenvalue weighted by Gasteiger charge is -1.85. The fraction of sp³-hybridized carbons (Fsp3) is 0. The van der Waals surface area contributed by atoms with Gasteiger partial charge in [0.1, 0.15) is 11.8 Å². The van der Waals surface area contributed by atoms with E-state index < -0.39 is 0 Å². The van der Waals surface area contributed by atoms with Crippen molar-refractivity contribution in [3.8, 4) is 0 Å². The van der Waals surface area contributed by atoms with E-state index in [4.69, 9.17) is 0 Å². The van der Waals surface area contributed by atoms with E-state index in [1.165, 1.54) is 9.11 Å². The monoisotopic (exact) mass is 262 g/mol. The molecule has 2 aromatic heterocycles. The molecule has 2 rings (SSSR count). The van der Waals surface area contributed by atoms with Gasteiger partial charge in [0.25, 0.3) is 0 Å². The number of nitrogens with one attached hydrogen (secondary N) is 1. The molecule has 11 heavy (non-hydrogen) atoms. The van der Waals surface area contributed by atoms with Crippen LogP contribution < -0.4 is 5.69 Å². The minimum Gasteiger partial charge on any atom is -0.302 e. The molecule has 0 aromatic carbocycles. The maximum absolute atomic E-state index is 11.0. The second-order valence-electron chi connectivity index (χ2n) is 1.97. The van der Waals surface area contributed by atoms with Gasteiger partial charge in [0.2, 0.25) is 0 Å². The molecule has 5 nitrogen and oxygen atoms in total. The summed E-state index contributed by atoms with van der Waals surface area (Å²) in [6.07, 6.45) is 2.98. The number of aromatic nitrogens is 4. The Morgan fingerprint density at radius 3 is 3.18 bits per heavy atom. The van der Waals surface area contributed by atoms with Crippen molar-refractivity contribution in [1.29, 1.82) is 0 Å². The van der Waals surface area contributed by atoms with Gasteiger partial charge in [-0.1, -0.05) is 0 Å². The van der Waals surface area contributed by atoms with Crippen molar-refractivity contribution in [3.63, 3.8) is 0 Å². The van der Waals surface area contributed by atoms with E-state index >= 15 is 0 Å². The number of aromatic amines is 1. The van der Waals surface area contributed by atoms with E-state index in [-0.39, 0.29) is 5.69 Å². The highest BCUT2D eigenvalue weighted by Gasteiger charge is 2.02. The molecule has 0 saturated heterocycles. The van der Waals surface area contributed by atoms with Crippen LogP contribution in [0.2, 0.25) is 0 Å². The number of hydrogen-bond acceptors (Lipinski definition) is 3. The Balaban J connectivity index is 3.04. The van der Waals surface area contributed by atoms with E-state index in [2.05, 4.69) is 15.0 Å². The molecule has 0 bridgehead atoms. The molecule has 0 aliphatic heterocycles. The lowest BCUT2D eigenvalue weighted by molar-refractivity contribution is 1.16. The Morgan fingerprint density at radius 2 is 2.45 bits per heavy atom. The van der Waals surface area contributed by atoms with Crippen molar-refractivity contribution in [2.75, 3.05) is 0 Å². The zero-order valence-corrected chi connectivity index (χ0v) is 7.44. The topological polar surface area (TPSA) is 63.6 Å². The molecule has 2 aromatic rings. The lowest BCUT2D eigenvalue weighted by atomic mass is 10.6. The Labute approximate surface area is 75.0 Å². The van der Waals surface area contributed by atoms with Gasteiger partial charge in [0, 0.05) is 0 Å². The SMILES string of the molecule is O=c1[nH]c2cncnc2n1I. The largest absolute Gasteiger partial charge is 0.336 e. The van der Waals surface area contributed by atoms with Gasteiger partial charge < -0.3 is 4.98 Å². The molecule has 56 valence electrons. The predicted octanol–water partition coefficient (Wildman–Crippen LogP) is 0.318. The maximum Gasteiger partial charge on any atom is 0.336 e. The summed E-state index contributed by atoms with van der Waals surface area (Å²) in [4.78, 5) is 21.3. The second kappa shape index (κ2) is 2.29. The number of imidazole rings is 1. The van der Waals surface area contributed by atoms with Crippen molar-refractivity contribution in [2.45, 2.75) is 0 Å². The molecular formula is C5H3IN4O. The van der Waals surface area contributed by atoms with Crippen molar-refractivity contribution < 1.29 is 0 Å². The Bertz CT molecular complexity index is 445. The van der Waals surface area contributed by atoms with Crippen LogP contribution >= 0.6 is 22.9 Å². The minimum absolute atomic E-state index is 0.180. The van der Waals surface area contributed by atoms with Crippen LogP contribution in [0.25, 0.3) is 11.2 Å². The molecule has 0 amide bonds. The average Bonchev–Trinajstić information content (AvgIpc) is 2.30. The predicted molar refractivity (Wildman–Crippen MR) is 47.6 cm³/mol. The third-order valence-electron chi connectivity index (χ3n) is 1.30. The highest BCUT2D eigenvalue weighted by Crippen LogP contribution is 2.05. The third-order valence-corrected chi connectivity index (χ3v) is 2.19. The molecule has 0 aliphatic rings. The molecule has 0 fully saturated rings. The summed E-state index contributed by atoms with van der Waals surface area (Å²) < 4.78 is 1.41. The molecule has 0 aliphatic carbocycles.